The maximum atomic E-state index is 14.2. The van der Waals surface area contributed by atoms with Gasteiger partial charge in [0, 0.05) is 0 Å². The molecule has 4 aromatic heterocycles. The third-order valence-electron chi connectivity index (χ3n) is 7.37. The van der Waals surface area contributed by atoms with Crippen LogP contribution < -0.4 is 0 Å². The van der Waals surface area contributed by atoms with E-state index in [0.29, 0.717) is 44.5 Å². The van der Waals surface area contributed by atoms with Gasteiger partial charge in [0.1, 0.15) is 11.0 Å². The lowest BCUT2D eigenvalue weighted by Gasteiger charge is -2.03. The molecule has 0 unspecified atom stereocenters. The second-order valence-electron chi connectivity index (χ2n) is 10.4. The van der Waals surface area contributed by atoms with Crippen LogP contribution in [-0.2, 0) is 0 Å². The van der Waals surface area contributed by atoms with Crippen LogP contribution in [0.25, 0.3) is 54.8 Å². The van der Waals surface area contributed by atoms with Crippen molar-refractivity contribution in [2.45, 2.75) is 0 Å². The summed E-state index contributed by atoms with van der Waals surface area (Å²) in [6, 6.07) is 7.07. The molecule has 0 N–H and O–H groups in total. The second-order valence-corrected chi connectivity index (χ2v) is 12.5. The molecule has 8 rings (SSSR count). The third-order valence-corrected chi connectivity index (χ3v) is 9.34. The minimum atomic E-state index is -2.12. The summed E-state index contributed by atoms with van der Waals surface area (Å²) < 4.78 is 121. The van der Waals surface area contributed by atoms with E-state index in [9.17, 15) is 44.7 Å². The van der Waals surface area contributed by atoms with Crippen LogP contribution in [0.15, 0.2) is 57.6 Å². The van der Waals surface area contributed by atoms with Gasteiger partial charge in [0.25, 0.3) is 11.8 Å². The largest absolute Gasteiger partial charge is 0.434 e. The van der Waals surface area contributed by atoms with Gasteiger partial charge in [-0.25, -0.2) is 55.1 Å². The minimum Gasteiger partial charge on any atom is -0.434 e. The average molecular weight is 729 g/mol. The van der Waals surface area contributed by atoms with E-state index in [0.717, 1.165) is 12.4 Å². The number of halogens is 8. The van der Waals surface area contributed by atoms with Gasteiger partial charge in [-0.1, -0.05) is 0 Å². The van der Waals surface area contributed by atoms with Crippen LogP contribution in [0.2, 0.25) is 0 Å². The standard InChI is InChI=1S/C32H8F8N4O4S2/c33-13-5-11(21(35)25(39)23(13)37)27(45)19-7-41-31(49-19)29-43-15-1-9-3-18-16(2-10(9)4-17(15)47-29)44-30(48-18)32-42-8-20(50-32)28(46)12-6-14(34)24(38)26(40)22(12)36/h1-8H. The molecule has 4 aromatic carbocycles. The van der Waals surface area contributed by atoms with Gasteiger partial charge in [0.2, 0.25) is 11.6 Å². The van der Waals surface area contributed by atoms with Crippen LogP contribution in [0.1, 0.15) is 30.5 Å². The molecule has 50 heavy (non-hydrogen) atoms. The Morgan fingerprint density at radius 1 is 0.520 bits per heavy atom. The number of fused-ring (bicyclic) bond motifs is 3. The smallest absolute Gasteiger partial charge is 0.256 e. The first-order chi connectivity index (χ1) is 23.9. The number of thiazole rings is 2. The molecule has 0 saturated heterocycles. The summed E-state index contributed by atoms with van der Waals surface area (Å²) in [5, 5.41) is 1.39. The summed E-state index contributed by atoms with van der Waals surface area (Å²) in [4.78, 5) is 41.9. The van der Waals surface area contributed by atoms with E-state index in [2.05, 4.69) is 19.9 Å². The summed E-state index contributed by atoms with van der Waals surface area (Å²) in [6.07, 6.45) is 2.07. The van der Waals surface area contributed by atoms with Crippen molar-refractivity contribution in [2.75, 3.05) is 0 Å². The molecule has 8 nitrogen and oxygen atoms in total. The normalized spacial score (nSPS) is 11.8. The van der Waals surface area contributed by atoms with E-state index in [1.165, 1.54) is 0 Å². The highest BCUT2D eigenvalue weighted by atomic mass is 32.1. The highest BCUT2D eigenvalue weighted by molar-refractivity contribution is 7.17. The molecule has 4 heterocycles. The number of rotatable bonds is 6. The van der Waals surface area contributed by atoms with Gasteiger partial charge in [-0.3, -0.25) is 9.59 Å². The molecular weight excluding hydrogens is 720 g/mol. The maximum absolute atomic E-state index is 14.2. The highest BCUT2D eigenvalue weighted by Gasteiger charge is 2.27. The van der Waals surface area contributed by atoms with Gasteiger partial charge in [0.15, 0.2) is 67.7 Å². The predicted molar refractivity (Wildman–Crippen MR) is 161 cm³/mol. The molecule has 0 spiro atoms. The van der Waals surface area contributed by atoms with Crippen molar-refractivity contribution in [3.05, 3.63) is 116 Å². The van der Waals surface area contributed by atoms with Crippen molar-refractivity contribution in [1.82, 2.24) is 19.9 Å². The Hall–Kier alpha value is -5.88. The van der Waals surface area contributed by atoms with Crippen molar-refractivity contribution in [3.8, 4) is 21.8 Å². The molecule has 0 aliphatic rings. The van der Waals surface area contributed by atoms with Crippen molar-refractivity contribution in [2.24, 2.45) is 0 Å². The lowest BCUT2D eigenvalue weighted by atomic mass is 10.1. The molecule has 0 saturated carbocycles. The van der Waals surface area contributed by atoms with Crippen LogP contribution in [-0.4, -0.2) is 31.5 Å². The Bertz CT molecular complexity index is 2520. The number of benzene rings is 4. The Morgan fingerprint density at radius 2 is 0.920 bits per heavy atom. The van der Waals surface area contributed by atoms with Gasteiger partial charge >= 0.3 is 0 Å². The number of ketones is 2. The van der Waals surface area contributed by atoms with E-state index in [-0.39, 0.29) is 54.8 Å². The van der Waals surface area contributed by atoms with Crippen molar-refractivity contribution in [1.29, 1.82) is 0 Å². The molecule has 0 bridgehead atoms. The molecular formula is C32H8F8N4O4S2. The van der Waals surface area contributed by atoms with Crippen molar-refractivity contribution in [3.63, 3.8) is 0 Å². The second kappa shape index (κ2) is 11.3. The first-order valence-electron chi connectivity index (χ1n) is 13.7. The Kier molecular flexibility index (Phi) is 7.12. The quantitative estimate of drug-likeness (QED) is 0.0722. The zero-order valence-corrected chi connectivity index (χ0v) is 25.5. The number of aromatic nitrogens is 4. The van der Waals surface area contributed by atoms with Gasteiger partial charge in [0.05, 0.1) is 33.3 Å². The number of carbonyl (C=O) groups is 2. The van der Waals surface area contributed by atoms with E-state index < -0.39 is 69.2 Å². The lowest BCUT2D eigenvalue weighted by Crippen LogP contribution is -2.08. The number of hydrogen-bond donors (Lipinski definition) is 0. The molecule has 8 aromatic rings. The summed E-state index contributed by atoms with van der Waals surface area (Å²) in [5.41, 5.74) is -0.745. The Morgan fingerprint density at radius 3 is 1.32 bits per heavy atom. The molecule has 0 amide bonds. The Balaban J connectivity index is 1.08. The fraction of sp³-hybridized carbons (Fsp3) is 0. The SMILES string of the molecule is O=C(c1cnc(-c2nc3cc4cc5oc(-c6ncc(C(=O)c7cc(F)c(F)c(F)c7F)s6)nc5cc4cc3o2)s1)c1cc(F)c(F)c(F)c1F. The van der Waals surface area contributed by atoms with Crippen LogP contribution in [0.3, 0.4) is 0 Å². The van der Waals surface area contributed by atoms with Gasteiger partial charge < -0.3 is 8.83 Å². The van der Waals surface area contributed by atoms with Crippen LogP contribution in [0, 0.1) is 46.5 Å². The number of oxazole rings is 2. The molecule has 0 aliphatic carbocycles. The van der Waals surface area contributed by atoms with E-state index >= 15 is 0 Å². The summed E-state index contributed by atoms with van der Waals surface area (Å²) in [5.74, 6) is -17.8. The number of hydrogen-bond acceptors (Lipinski definition) is 10. The lowest BCUT2D eigenvalue weighted by molar-refractivity contribution is 0.102. The molecule has 0 aliphatic heterocycles. The fourth-order valence-electron chi connectivity index (χ4n) is 4.98. The van der Waals surface area contributed by atoms with Crippen LogP contribution in [0.4, 0.5) is 35.1 Å². The van der Waals surface area contributed by atoms with Gasteiger partial charge in [-0.2, -0.15) is 0 Å². The fourth-order valence-corrected chi connectivity index (χ4v) is 6.57. The minimum absolute atomic E-state index is 0.0273. The number of nitrogens with zero attached hydrogens (tertiary/aromatic N) is 4. The summed E-state index contributed by atoms with van der Waals surface area (Å²) >= 11 is 1.40. The van der Waals surface area contributed by atoms with Gasteiger partial charge in [-0.15, -0.1) is 22.7 Å². The van der Waals surface area contributed by atoms with E-state index in [1.807, 2.05) is 0 Å². The summed E-state index contributed by atoms with van der Waals surface area (Å²) in [7, 11) is 0. The first-order valence-corrected chi connectivity index (χ1v) is 15.3. The van der Waals surface area contributed by atoms with Crippen LogP contribution >= 0.6 is 22.7 Å². The molecule has 0 fully saturated rings. The summed E-state index contributed by atoms with van der Waals surface area (Å²) in [6.45, 7) is 0. The first kappa shape index (κ1) is 31.4. The van der Waals surface area contributed by atoms with E-state index in [1.54, 1.807) is 24.3 Å². The number of carbonyl (C=O) groups excluding carboxylic acids is 2. The average Bonchev–Trinajstić information content (AvgIpc) is 3.92. The molecule has 0 atom stereocenters. The zero-order chi connectivity index (χ0) is 35.2. The van der Waals surface area contributed by atoms with Crippen molar-refractivity contribution >= 4 is 67.2 Å². The Labute approximate surface area is 278 Å². The zero-order valence-electron chi connectivity index (χ0n) is 23.9. The van der Waals surface area contributed by atoms with Crippen molar-refractivity contribution < 1.29 is 53.5 Å². The molecule has 0 radical (unpaired) electrons. The molecule has 18 heteroatoms. The maximum Gasteiger partial charge on any atom is 0.256 e. The third kappa shape index (κ3) is 4.94. The highest BCUT2D eigenvalue weighted by Crippen LogP contribution is 2.35. The van der Waals surface area contributed by atoms with Gasteiger partial charge in [-0.05, 0) is 47.2 Å². The topological polar surface area (TPSA) is 112 Å². The molecule has 248 valence electrons. The van der Waals surface area contributed by atoms with E-state index in [4.69, 9.17) is 8.83 Å². The monoisotopic (exact) mass is 728 g/mol. The predicted octanol–water partition coefficient (Wildman–Crippen LogP) is 8.94. The van der Waals surface area contributed by atoms with Crippen LogP contribution in [0.5, 0.6) is 0 Å².